The average Bonchev–Trinajstić information content (AvgIpc) is 3.46. The Balaban J connectivity index is 0.994. The molecule has 4 saturated carbocycles. The predicted molar refractivity (Wildman–Crippen MR) is 172 cm³/mol. The zero-order chi connectivity index (χ0) is 31.8. The van der Waals surface area contributed by atoms with Crippen LogP contribution in [0.5, 0.6) is 0 Å². The van der Waals surface area contributed by atoms with Crippen molar-refractivity contribution in [1.29, 1.82) is 5.26 Å². The van der Waals surface area contributed by atoms with Gasteiger partial charge in [-0.1, -0.05) is 29.8 Å². The molecule has 2 heterocycles. The molecule has 1 aromatic heterocycles. The summed E-state index contributed by atoms with van der Waals surface area (Å²) in [6, 6.07) is 10.2. The summed E-state index contributed by atoms with van der Waals surface area (Å²) in [6.45, 7) is 9.20. The van der Waals surface area contributed by atoms with Crippen LogP contribution in [0.4, 0.5) is 16.6 Å². The van der Waals surface area contributed by atoms with Gasteiger partial charge in [0, 0.05) is 50.3 Å². The molecule has 1 saturated heterocycles. The SMILES string of the molecule is CC(C)(C)OC(=O)N1CCN(C(=O)CN[C@@H]2[C@@H]3C[C@H]4C[C@H]2CC4(CNc2nc(NCc4ccccc4Cl)ncc2C#N)C3)CC1. The lowest BCUT2D eigenvalue weighted by Crippen LogP contribution is -2.55. The van der Waals surface area contributed by atoms with Crippen molar-refractivity contribution in [3.63, 3.8) is 0 Å². The molecule has 2 amide bonds. The fourth-order valence-electron chi connectivity index (χ4n) is 8.05. The maximum atomic E-state index is 13.1. The minimum atomic E-state index is -0.531. The Hall–Kier alpha value is -3.62. The Kier molecular flexibility index (Phi) is 8.81. The number of rotatable bonds is 9. The van der Waals surface area contributed by atoms with Crippen LogP contribution in [-0.2, 0) is 16.1 Å². The van der Waals surface area contributed by atoms with E-state index < -0.39 is 5.60 Å². The van der Waals surface area contributed by atoms with Crippen LogP contribution in [0.1, 0.15) is 57.6 Å². The lowest BCUT2D eigenvalue weighted by molar-refractivity contribution is -0.132. The summed E-state index contributed by atoms with van der Waals surface area (Å²) in [4.78, 5) is 38.0. The summed E-state index contributed by atoms with van der Waals surface area (Å²) >= 11 is 6.29. The molecule has 11 nitrogen and oxygen atoms in total. The number of anilines is 2. The van der Waals surface area contributed by atoms with Gasteiger partial charge in [-0.25, -0.2) is 9.78 Å². The van der Waals surface area contributed by atoms with Crippen molar-refractivity contribution in [2.24, 2.45) is 23.2 Å². The van der Waals surface area contributed by atoms with Gasteiger partial charge in [-0.15, -0.1) is 0 Å². The molecule has 0 radical (unpaired) electrons. The third-order valence-electron chi connectivity index (χ3n) is 10.1. The second-order valence-electron chi connectivity index (χ2n) is 14.1. The van der Waals surface area contributed by atoms with Crippen molar-refractivity contribution in [1.82, 2.24) is 25.1 Å². The van der Waals surface area contributed by atoms with E-state index in [1.807, 2.05) is 49.9 Å². The van der Waals surface area contributed by atoms with Crippen molar-refractivity contribution >= 4 is 35.4 Å². The van der Waals surface area contributed by atoms with Crippen LogP contribution >= 0.6 is 11.6 Å². The van der Waals surface area contributed by atoms with Crippen LogP contribution in [0.3, 0.4) is 0 Å². The number of hydrogen-bond acceptors (Lipinski definition) is 9. The van der Waals surface area contributed by atoms with Gasteiger partial charge in [0.05, 0.1) is 12.7 Å². The lowest BCUT2D eigenvalue weighted by atomic mass is 9.72. The van der Waals surface area contributed by atoms with E-state index in [0.29, 0.717) is 85.4 Å². The van der Waals surface area contributed by atoms with E-state index in [2.05, 4.69) is 32.0 Å². The summed E-state index contributed by atoms with van der Waals surface area (Å²) in [5, 5.41) is 20.8. The third kappa shape index (κ3) is 6.82. The molecule has 12 heteroatoms. The monoisotopic (exact) mass is 634 g/mol. The van der Waals surface area contributed by atoms with Gasteiger partial charge in [0.1, 0.15) is 23.1 Å². The number of nitrogens with zero attached hydrogens (tertiary/aromatic N) is 5. The van der Waals surface area contributed by atoms with Gasteiger partial charge in [-0.2, -0.15) is 10.2 Å². The van der Waals surface area contributed by atoms with Crippen molar-refractivity contribution < 1.29 is 14.3 Å². The fourth-order valence-corrected chi connectivity index (χ4v) is 8.25. The highest BCUT2D eigenvalue weighted by atomic mass is 35.5. The number of nitriles is 1. The molecule has 5 aliphatic rings. The van der Waals surface area contributed by atoms with E-state index in [0.717, 1.165) is 37.8 Å². The van der Waals surface area contributed by atoms with Crippen molar-refractivity contribution in [2.45, 2.75) is 64.6 Å². The number of nitrogens with one attached hydrogen (secondary N) is 3. The second kappa shape index (κ2) is 12.6. The first-order valence-electron chi connectivity index (χ1n) is 16.0. The molecule has 1 aromatic carbocycles. The Bertz CT molecular complexity index is 1450. The summed E-state index contributed by atoms with van der Waals surface area (Å²) in [5.74, 6) is 2.82. The largest absolute Gasteiger partial charge is 0.444 e. The maximum Gasteiger partial charge on any atom is 0.410 e. The quantitative estimate of drug-likeness (QED) is 0.364. The first kappa shape index (κ1) is 31.4. The number of halogens is 1. The number of aromatic nitrogens is 2. The van der Waals surface area contributed by atoms with Gasteiger partial charge in [-0.3, -0.25) is 4.79 Å². The molecule has 5 fully saturated rings. The van der Waals surface area contributed by atoms with Gasteiger partial charge >= 0.3 is 6.09 Å². The van der Waals surface area contributed by atoms with Gasteiger partial charge in [0.2, 0.25) is 11.9 Å². The molecule has 7 rings (SSSR count). The van der Waals surface area contributed by atoms with Crippen molar-refractivity contribution in [3.8, 4) is 6.07 Å². The molecule has 240 valence electrons. The zero-order valence-electron chi connectivity index (χ0n) is 26.3. The Morgan fingerprint density at radius 2 is 1.78 bits per heavy atom. The number of amides is 2. The molecule has 5 atom stereocenters. The van der Waals surface area contributed by atoms with Gasteiger partial charge in [0.25, 0.3) is 0 Å². The molecule has 45 heavy (non-hydrogen) atoms. The van der Waals surface area contributed by atoms with E-state index in [-0.39, 0.29) is 17.4 Å². The summed E-state index contributed by atoms with van der Waals surface area (Å²) in [6.07, 6.45) is 5.78. The smallest absolute Gasteiger partial charge is 0.410 e. The number of piperazine rings is 1. The Morgan fingerprint density at radius 1 is 1.09 bits per heavy atom. The molecular formula is C33H43ClN8O3. The minimum Gasteiger partial charge on any atom is -0.444 e. The number of hydrogen-bond donors (Lipinski definition) is 3. The van der Waals surface area contributed by atoms with E-state index in [1.165, 1.54) is 0 Å². The van der Waals surface area contributed by atoms with Crippen LogP contribution in [0.25, 0.3) is 0 Å². The fraction of sp³-hybridized carbons (Fsp3) is 0.606. The summed E-state index contributed by atoms with van der Waals surface area (Å²) in [7, 11) is 0. The standard InChI is InChI=1S/C33H43ClN8O3/c1-32(2,3)45-31(44)42-10-8-41(9-11-42)27(43)19-36-28-22-12-25-13-23(28)15-33(25,14-22)20-39-29-24(16-35)18-38-30(40-29)37-17-21-6-4-5-7-26(21)34/h4-7,18,22-23,25,28,36H,8-15,17,19-20H2,1-3H3,(H2,37,38,39,40)/t22-,23+,25+,28-,33?. The number of carbonyl (C=O) groups is 2. The second-order valence-corrected chi connectivity index (χ2v) is 14.5. The van der Waals surface area contributed by atoms with Crippen LogP contribution in [0.2, 0.25) is 5.02 Å². The van der Waals surface area contributed by atoms with Crippen LogP contribution < -0.4 is 16.0 Å². The van der Waals surface area contributed by atoms with E-state index >= 15 is 0 Å². The Labute approximate surface area is 270 Å². The summed E-state index contributed by atoms with van der Waals surface area (Å²) < 4.78 is 5.48. The third-order valence-corrected chi connectivity index (χ3v) is 10.4. The van der Waals surface area contributed by atoms with E-state index in [9.17, 15) is 14.9 Å². The van der Waals surface area contributed by atoms with E-state index in [1.54, 1.807) is 11.1 Å². The average molecular weight is 635 g/mol. The highest BCUT2D eigenvalue weighted by Crippen LogP contribution is 2.65. The van der Waals surface area contributed by atoms with Crippen molar-refractivity contribution in [3.05, 3.63) is 46.6 Å². The zero-order valence-corrected chi connectivity index (χ0v) is 27.1. The predicted octanol–water partition coefficient (Wildman–Crippen LogP) is 4.50. The van der Waals surface area contributed by atoms with Crippen LogP contribution in [0, 0.1) is 34.5 Å². The van der Waals surface area contributed by atoms with Crippen LogP contribution in [-0.4, -0.2) is 82.7 Å². The molecule has 1 unspecified atom stereocenters. The summed E-state index contributed by atoms with van der Waals surface area (Å²) in [5.41, 5.74) is 1.03. The maximum absolute atomic E-state index is 13.1. The number of benzene rings is 1. The van der Waals surface area contributed by atoms with Crippen LogP contribution in [0.15, 0.2) is 30.5 Å². The molecular weight excluding hydrogens is 592 g/mol. The lowest BCUT2D eigenvalue weighted by Gasteiger charge is -2.40. The first-order valence-corrected chi connectivity index (χ1v) is 16.4. The number of carbonyl (C=O) groups excluding carboxylic acids is 2. The number of ether oxygens (including phenoxy) is 1. The van der Waals surface area contributed by atoms with Gasteiger partial charge < -0.3 is 30.5 Å². The first-order chi connectivity index (χ1) is 21.5. The molecule has 4 bridgehead atoms. The Morgan fingerprint density at radius 3 is 2.44 bits per heavy atom. The highest BCUT2D eigenvalue weighted by Gasteiger charge is 2.61. The van der Waals surface area contributed by atoms with Gasteiger partial charge in [-0.05, 0) is 81.3 Å². The molecule has 3 N–H and O–H groups in total. The van der Waals surface area contributed by atoms with E-state index in [4.69, 9.17) is 16.3 Å². The normalized spacial score (nSPS) is 26.9. The molecule has 0 spiro atoms. The van der Waals surface area contributed by atoms with Crippen molar-refractivity contribution in [2.75, 3.05) is 49.9 Å². The molecule has 2 aromatic rings. The topological polar surface area (TPSA) is 136 Å². The highest BCUT2D eigenvalue weighted by molar-refractivity contribution is 6.31. The van der Waals surface area contributed by atoms with Gasteiger partial charge in [0.15, 0.2) is 0 Å². The molecule has 1 aliphatic heterocycles. The minimum absolute atomic E-state index is 0.0953. The molecule has 4 aliphatic carbocycles.